The molecule has 1 fully saturated rings. The zero-order valence-electron chi connectivity index (χ0n) is 13.0. The number of halogens is 2. The van der Waals surface area contributed by atoms with Crippen LogP contribution in [0, 0.1) is 5.82 Å². The zero-order valence-corrected chi connectivity index (χ0v) is 13.8. The van der Waals surface area contributed by atoms with Crippen molar-refractivity contribution in [3.8, 4) is 5.75 Å². The zero-order chi connectivity index (χ0) is 15.8. The molecular formula is C15H22ClFN2O4. The molecule has 0 radical (unpaired) electrons. The van der Waals surface area contributed by atoms with Gasteiger partial charge in [0.05, 0.1) is 19.8 Å². The van der Waals surface area contributed by atoms with Crippen molar-refractivity contribution in [3.63, 3.8) is 0 Å². The van der Waals surface area contributed by atoms with E-state index in [0.717, 1.165) is 6.54 Å². The van der Waals surface area contributed by atoms with Gasteiger partial charge >= 0.3 is 0 Å². The number of carbonyl (C=O) groups excluding carboxylic acids is 1. The van der Waals surface area contributed by atoms with Crippen LogP contribution in [0.15, 0.2) is 18.2 Å². The maximum absolute atomic E-state index is 13.8. The fourth-order valence-electron chi connectivity index (χ4n) is 2.12. The van der Waals surface area contributed by atoms with E-state index in [9.17, 15) is 9.18 Å². The number of morpholine rings is 1. The second kappa shape index (κ2) is 10.4. The van der Waals surface area contributed by atoms with E-state index in [0.29, 0.717) is 25.5 Å². The minimum atomic E-state index is -0.520. The Kier molecular flexibility index (Phi) is 8.86. The number of nitrogens with one attached hydrogen (secondary N) is 2. The maximum atomic E-state index is 13.8. The molecule has 1 unspecified atom stereocenters. The van der Waals surface area contributed by atoms with Crippen molar-refractivity contribution in [2.24, 2.45) is 0 Å². The lowest BCUT2D eigenvalue weighted by atomic mass is 10.2. The molecule has 0 spiro atoms. The Bertz CT molecular complexity index is 498. The van der Waals surface area contributed by atoms with E-state index in [1.165, 1.54) is 12.1 Å². The lowest BCUT2D eigenvalue weighted by molar-refractivity contribution is -0.117. The molecule has 6 nitrogen and oxygen atoms in total. The van der Waals surface area contributed by atoms with Crippen molar-refractivity contribution >= 4 is 24.0 Å². The molecule has 0 bridgehead atoms. The quantitative estimate of drug-likeness (QED) is 0.732. The summed E-state index contributed by atoms with van der Waals surface area (Å²) in [6.45, 7) is 2.56. The number of methoxy groups -OCH3 is 1. The highest BCUT2D eigenvalue weighted by Crippen LogP contribution is 2.21. The highest BCUT2D eigenvalue weighted by Gasteiger charge is 2.17. The molecule has 1 aliphatic heterocycles. The van der Waals surface area contributed by atoms with Crippen LogP contribution in [0.5, 0.6) is 5.75 Å². The topological polar surface area (TPSA) is 68.8 Å². The fourth-order valence-corrected chi connectivity index (χ4v) is 2.12. The van der Waals surface area contributed by atoms with Crippen molar-refractivity contribution in [3.05, 3.63) is 24.0 Å². The van der Waals surface area contributed by atoms with E-state index < -0.39 is 5.82 Å². The Morgan fingerprint density at radius 2 is 2.30 bits per heavy atom. The summed E-state index contributed by atoms with van der Waals surface area (Å²) in [6, 6.07) is 4.33. The smallest absolute Gasteiger partial charge is 0.226 e. The van der Waals surface area contributed by atoms with Gasteiger partial charge in [0.2, 0.25) is 5.91 Å². The van der Waals surface area contributed by atoms with Crippen molar-refractivity contribution in [1.29, 1.82) is 0 Å². The summed E-state index contributed by atoms with van der Waals surface area (Å²) in [5.41, 5.74) is 0.401. The number of carbonyl (C=O) groups is 1. The van der Waals surface area contributed by atoms with Crippen LogP contribution in [0.1, 0.15) is 6.42 Å². The molecule has 1 heterocycles. The third kappa shape index (κ3) is 6.70. The molecule has 1 saturated heterocycles. The third-order valence-electron chi connectivity index (χ3n) is 3.19. The van der Waals surface area contributed by atoms with Gasteiger partial charge in [0.25, 0.3) is 0 Å². The highest BCUT2D eigenvalue weighted by molar-refractivity contribution is 5.91. The number of hydrogen-bond donors (Lipinski definition) is 2. The monoisotopic (exact) mass is 348 g/mol. The van der Waals surface area contributed by atoms with Crippen LogP contribution in [-0.4, -0.2) is 52.0 Å². The lowest BCUT2D eigenvalue weighted by Crippen LogP contribution is -2.43. The SMILES string of the molecule is COCCOc1ccc(NC(=O)CC2COCCN2)cc1F.Cl. The third-order valence-corrected chi connectivity index (χ3v) is 3.19. The minimum absolute atomic E-state index is 0. The normalized spacial score (nSPS) is 17.2. The van der Waals surface area contributed by atoms with Gasteiger partial charge in [-0.3, -0.25) is 4.79 Å². The van der Waals surface area contributed by atoms with Crippen LogP contribution in [0.4, 0.5) is 10.1 Å². The highest BCUT2D eigenvalue weighted by atomic mass is 35.5. The summed E-state index contributed by atoms with van der Waals surface area (Å²) in [5.74, 6) is -0.569. The average Bonchev–Trinajstić information content (AvgIpc) is 2.50. The standard InChI is InChI=1S/C15H21FN2O4.ClH/c1-20-6-7-22-14-3-2-11(8-13(14)16)18-15(19)9-12-10-21-5-4-17-12;/h2-3,8,12,17H,4-7,9-10H2,1H3,(H,18,19);1H. The number of anilines is 1. The molecule has 2 N–H and O–H groups in total. The molecule has 2 rings (SSSR count). The van der Waals surface area contributed by atoms with E-state index >= 15 is 0 Å². The fraction of sp³-hybridized carbons (Fsp3) is 0.533. The van der Waals surface area contributed by atoms with Crippen molar-refractivity contribution < 1.29 is 23.4 Å². The molecule has 1 aliphatic rings. The minimum Gasteiger partial charge on any atom is -0.488 e. The molecule has 0 saturated carbocycles. The number of hydrogen-bond acceptors (Lipinski definition) is 5. The molecule has 1 aromatic rings. The van der Waals surface area contributed by atoms with Crippen LogP contribution in [0.3, 0.4) is 0 Å². The van der Waals surface area contributed by atoms with Crippen LogP contribution in [-0.2, 0) is 14.3 Å². The predicted molar refractivity (Wildman–Crippen MR) is 86.9 cm³/mol. The first-order chi connectivity index (χ1) is 10.7. The van der Waals surface area contributed by atoms with Crippen molar-refractivity contribution in [2.75, 3.05) is 45.4 Å². The first-order valence-electron chi connectivity index (χ1n) is 7.21. The van der Waals surface area contributed by atoms with E-state index in [1.807, 2.05) is 0 Å². The lowest BCUT2D eigenvalue weighted by Gasteiger charge is -2.23. The van der Waals surface area contributed by atoms with Gasteiger partial charge in [0.15, 0.2) is 11.6 Å². The van der Waals surface area contributed by atoms with Crippen LogP contribution < -0.4 is 15.4 Å². The molecule has 1 aromatic carbocycles. The van der Waals surface area contributed by atoms with Gasteiger partial charge in [-0.2, -0.15) is 0 Å². The van der Waals surface area contributed by atoms with E-state index in [4.69, 9.17) is 14.2 Å². The molecule has 130 valence electrons. The van der Waals surface area contributed by atoms with E-state index in [-0.39, 0.29) is 43.1 Å². The molecule has 8 heteroatoms. The largest absolute Gasteiger partial charge is 0.488 e. The summed E-state index contributed by atoms with van der Waals surface area (Å²) in [6.07, 6.45) is 0.285. The number of benzene rings is 1. The molecule has 1 atom stereocenters. The van der Waals surface area contributed by atoms with Gasteiger partial charge in [-0.25, -0.2) is 4.39 Å². The number of ether oxygens (including phenoxy) is 3. The van der Waals surface area contributed by atoms with Crippen LogP contribution >= 0.6 is 12.4 Å². The Morgan fingerprint density at radius 3 is 2.96 bits per heavy atom. The first-order valence-corrected chi connectivity index (χ1v) is 7.21. The van der Waals surface area contributed by atoms with Gasteiger partial charge < -0.3 is 24.8 Å². The molecular weight excluding hydrogens is 327 g/mol. The number of amides is 1. The van der Waals surface area contributed by atoms with E-state index in [1.54, 1.807) is 13.2 Å². The molecule has 0 aromatic heterocycles. The van der Waals surface area contributed by atoms with Gasteiger partial charge in [-0.1, -0.05) is 0 Å². The van der Waals surface area contributed by atoms with Gasteiger partial charge in [-0.05, 0) is 12.1 Å². The Labute approximate surface area is 141 Å². The Balaban J connectivity index is 0.00000264. The van der Waals surface area contributed by atoms with Crippen molar-refractivity contribution in [1.82, 2.24) is 5.32 Å². The Morgan fingerprint density at radius 1 is 1.48 bits per heavy atom. The van der Waals surface area contributed by atoms with Gasteiger partial charge in [-0.15, -0.1) is 12.4 Å². The molecule has 1 amide bonds. The van der Waals surface area contributed by atoms with Crippen LogP contribution in [0.25, 0.3) is 0 Å². The Hall–Kier alpha value is -1.41. The predicted octanol–water partition coefficient (Wildman–Crippen LogP) is 1.59. The van der Waals surface area contributed by atoms with Gasteiger partial charge in [0, 0.05) is 37.9 Å². The molecule has 23 heavy (non-hydrogen) atoms. The van der Waals surface area contributed by atoms with Crippen molar-refractivity contribution in [2.45, 2.75) is 12.5 Å². The number of rotatable bonds is 7. The van der Waals surface area contributed by atoms with Crippen LogP contribution in [0.2, 0.25) is 0 Å². The van der Waals surface area contributed by atoms with E-state index in [2.05, 4.69) is 10.6 Å². The second-order valence-corrected chi connectivity index (χ2v) is 4.96. The average molecular weight is 349 g/mol. The summed E-state index contributed by atoms with van der Waals surface area (Å²) < 4.78 is 29.2. The summed E-state index contributed by atoms with van der Waals surface area (Å²) >= 11 is 0. The first kappa shape index (κ1) is 19.6. The molecule has 0 aliphatic carbocycles. The summed E-state index contributed by atoms with van der Waals surface area (Å²) in [4.78, 5) is 11.9. The second-order valence-electron chi connectivity index (χ2n) is 4.96. The summed E-state index contributed by atoms with van der Waals surface area (Å²) in [5, 5.41) is 5.86. The maximum Gasteiger partial charge on any atom is 0.226 e. The summed E-state index contributed by atoms with van der Waals surface area (Å²) in [7, 11) is 1.55. The van der Waals surface area contributed by atoms with Gasteiger partial charge in [0.1, 0.15) is 6.61 Å².